The smallest absolute Gasteiger partial charge is 0.203 e. The third-order valence-corrected chi connectivity index (χ3v) is 1.86. The second-order valence-electron chi connectivity index (χ2n) is 3.19. The zero-order valence-electron chi connectivity index (χ0n) is 8.37. The number of rotatable bonds is 0. The predicted octanol–water partition coefficient (Wildman–Crippen LogP) is 0.614. The van der Waals surface area contributed by atoms with E-state index in [1.165, 1.54) is 0 Å². The first-order valence-corrected chi connectivity index (χ1v) is 4.05. The highest BCUT2D eigenvalue weighted by molar-refractivity contribution is 5.99. The van der Waals surface area contributed by atoms with Crippen molar-refractivity contribution in [3.8, 4) is 0 Å². The van der Waals surface area contributed by atoms with E-state index in [1.807, 2.05) is 44.8 Å². The van der Waals surface area contributed by atoms with Crippen LogP contribution in [0.3, 0.4) is 0 Å². The van der Waals surface area contributed by atoms with Gasteiger partial charge >= 0.3 is 0 Å². The summed E-state index contributed by atoms with van der Waals surface area (Å²) in [5.74, 6) is 1.98. The monoisotopic (exact) mass is 168 g/mol. The Labute approximate surface area is 73.6 Å². The normalized spacial score (nSPS) is 23.4. The molecule has 0 aromatic carbocycles. The molecule has 0 aromatic heterocycles. The van der Waals surface area contributed by atoms with Gasteiger partial charge in [-0.1, -0.05) is 0 Å². The van der Waals surface area contributed by atoms with Crippen LogP contribution in [0.25, 0.3) is 0 Å². The lowest BCUT2D eigenvalue weighted by Gasteiger charge is -2.30. The van der Waals surface area contributed by atoms with Gasteiger partial charge in [-0.05, 0) is 13.8 Å². The summed E-state index contributed by atoms with van der Waals surface area (Å²) in [5.41, 5.74) is 0. The maximum absolute atomic E-state index is 4.39. The maximum atomic E-state index is 4.39. The molecule has 0 spiro atoms. The van der Waals surface area contributed by atoms with Crippen LogP contribution in [0.1, 0.15) is 13.8 Å². The minimum atomic E-state index is 0.0543. The first-order valence-electron chi connectivity index (χ1n) is 4.05. The third-order valence-electron chi connectivity index (χ3n) is 1.86. The Kier molecular flexibility index (Phi) is 2.35. The van der Waals surface area contributed by atoms with Gasteiger partial charge in [0.15, 0.2) is 0 Å². The lowest BCUT2D eigenvalue weighted by molar-refractivity contribution is 0.502. The lowest BCUT2D eigenvalue weighted by Crippen LogP contribution is -2.44. The highest BCUT2D eigenvalue weighted by Gasteiger charge is 2.17. The number of nitrogens with zero attached hydrogens (tertiary/aromatic N) is 4. The quantitative estimate of drug-likeness (QED) is 0.531. The fourth-order valence-electron chi connectivity index (χ4n) is 1.20. The van der Waals surface area contributed by atoms with E-state index in [0.29, 0.717) is 0 Å². The third kappa shape index (κ3) is 1.57. The zero-order chi connectivity index (χ0) is 9.30. The Morgan fingerprint density at radius 2 is 1.92 bits per heavy atom. The van der Waals surface area contributed by atoms with Gasteiger partial charge in [0.2, 0.25) is 5.96 Å². The fourth-order valence-corrected chi connectivity index (χ4v) is 1.20. The summed E-state index contributed by atoms with van der Waals surface area (Å²) in [7, 11) is 5.95. The molecular weight excluding hydrogens is 152 g/mol. The highest BCUT2D eigenvalue weighted by atomic mass is 15.4. The molecule has 1 atom stereocenters. The van der Waals surface area contributed by atoms with E-state index >= 15 is 0 Å². The predicted molar refractivity (Wildman–Crippen MR) is 51.5 cm³/mol. The Morgan fingerprint density at radius 1 is 1.33 bits per heavy atom. The molecule has 0 radical (unpaired) electrons. The minimum Gasteiger partial charge on any atom is -0.349 e. The molecule has 1 aliphatic rings. The maximum Gasteiger partial charge on any atom is 0.203 e. The van der Waals surface area contributed by atoms with E-state index in [9.17, 15) is 0 Å². The van der Waals surface area contributed by atoms with Gasteiger partial charge in [-0.25, -0.2) is 9.98 Å². The number of hydrogen-bond donors (Lipinski definition) is 0. The molecule has 0 fully saturated rings. The van der Waals surface area contributed by atoms with Crippen LogP contribution in [0.5, 0.6) is 0 Å². The van der Waals surface area contributed by atoms with Crippen LogP contribution in [-0.2, 0) is 0 Å². The molecule has 12 heavy (non-hydrogen) atoms. The summed E-state index contributed by atoms with van der Waals surface area (Å²) < 4.78 is 0. The zero-order valence-corrected chi connectivity index (χ0v) is 8.37. The minimum absolute atomic E-state index is 0.0543. The average Bonchev–Trinajstić information content (AvgIpc) is 1.96. The largest absolute Gasteiger partial charge is 0.349 e. The van der Waals surface area contributed by atoms with Crippen molar-refractivity contribution in [3.05, 3.63) is 0 Å². The SMILES string of the molecule is CC1=NC(C)N=C(N(C)C)N1C. The van der Waals surface area contributed by atoms with E-state index in [4.69, 9.17) is 0 Å². The highest BCUT2D eigenvalue weighted by Crippen LogP contribution is 2.06. The van der Waals surface area contributed by atoms with Gasteiger partial charge in [0, 0.05) is 21.1 Å². The van der Waals surface area contributed by atoms with E-state index in [-0.39, 0.29) is 6.17 Å². The average molecular weight is 168 g/mol. The molecule has 1 rings (SSSR count). The number of amidine groups is 1. The Bertz CT molecular complexity index is 229. The molecule has 1 aliphatic heterocycles. The Morgan fingerprint density at radius 3 is 2.42 bits per heavy atom. The summed E-state index contributed by atoms with van der Waals surface area (Å²) in [6.07, 6.45) is 0.0543. The summed E-state index contributed by atoms with van der Waals surface area (Å²) >= 11 is 0. The topological polar surface area (TPSA) is 31.2 Å². The summed E-state index contributed by atoms with van der Waals surface area (Å²) in [6.45, 7) is 3.98. The van der Waals surface area contributed by atoms with Crippen molar-refractivity contribution in [2.45, 2.75) is 20.0 Å². The molecule has 4 nitrogen and oxygen atoms in total. The Hall–Kier alpha value is -1.06. The molecule has 0 bridgehead atoms. The molecule has 0 saturated carbocycles. The summed E-state index contributed by atoms with van der Waals surface area (Å²) in [6, 6.07) is 0. The van der Waals surface area contributed by atoms with E-state index in [0.717, 1.165) is 11.8 Å². The first kappa shape index (κ1) is 9.03. The van der Waals surface area contributed by atoms with Gasteiger partial charge in [-0.2, -0.15) is 0 Å². The molecule has 1 unspecified atom stereocenters. The second-order valence-corrected chi connectivity index (χ2v) is 3.19. The van der Waals surface area contributed by atoms with Gasteiger partial charge in [0.25, 0.3) is 0 Å². The molecule has 0 amide bonds. The van der Waals surface area contributed by atoms with Gasteiger partial charge in [0.1, 0.15) is 12.0 Å². The van der Waals surface area contributed by atoms with Crippen molar-refractivity contribution in [3.63, 3.8) is 0 Å². The molecule has 0 aromatic rings. The first-order chi connectivity index (χ1) is 5.52. The van der Waals surface area contributed by atoms with E-state index in [2.05, 4.69) is 9.98 Å². The van der Waals surface area contributed by atoms with Gasteiger partial charge in [0.05, 0.1) is 0 Å². The van der Waals surface area contributed by atoms with Gasteiger partial charge in [-0.15, -0.1) is 0 Å². The van der Waals surface area contributed by atoms with Crippen molar-refractivity contribution >= 4 is 11.8 Å². The number of hydrogen-bond acceptors (Lipinski definition) is 4. The van der Waals surface area contributed by atoms with Crippen molar-refractivity contribution in [1.29, 1.82) is 0 Å². The fraction of sp³-hybridized carbons (Fsp3) is 0.750. The van der Waals surface area contributed by atoms with Crippen LogP contribution in [0.4, 0.5) is 0 Å². The van der Waals surface area contributed by atoms with Crippen LogP contribution in [0.15, 0.2) is 9.98 Å². The van der Waals surface area contributed by atoms with Gasteiger partial charge in [-0.3, -0.25) is 0 Å². The summed E-state index contributed by atoms with van der Waals surface area (Å²) in [4.78, 5) is 12.7. The molecular formula is C8H16N4. The Balaban J connectivity index is 2.88. The molecule has 0 saturated heterocycles. The molecule has 0 N–H and O–H groups in total. The molecule has 4 heteroatoms. The van der Waals surface area contributed by atoms with Crippen LogP contribution in [0, 0.1) is 0 Å². The molecule has 68 valence electrons. The standard InChI is InChI=1S/C8H16N4/c1-6-9-7(2)12(5)8(10-6)11(3)4/h6H,1-5H3. The number of aliphatic imine (C=N–C) groups is 2. The van der Waals surface area contributed by atoms with E-state index < -0.39 is 0 Å². The van der Waals surface area contributed by atoms with E-state index in [1.54, 1.807) is 0 Å². The van der Waals surface area contributed by atoms with Crippen LogP contribution in [-0.4, -0.2) is 48.9 Å². The van der Waals surface area contributed by atoms with Crippen LogP contribution in [0.2, 0.25) is 0 Å². The number of guanidine groups is 1. The lowest BCUT2D eigenvalue weighted by atomic mass is 10.4. The van der Waals surface area contributed by atoms with Crippen molar-refractivity contribution < 1.29 is 0 Å². The summed E-state index contributed by atoms with van der Waals surface area (Å²) in [5, 5.41) is 0. The van der Waals surface area contributed by atoms with Gasteiger partial charge < -0.3 is 9.80 Å². The van der Waals surface area contributed by atoms with Crippen molar-refractivity contribution in [2.75, 3.05) is 21.1 Å². The van der Waals surface area contributed by atoms with Crippen molar-refractivity contribution in [2.24, 2.45) is 9.98 Å². The molecule has 0 aliphatic carbocycles. The molecule has 1 heterocycles. The van der Waals surface area contributed by atoms with Crippen LogP contribution < -0.4 is 0 Å². The van der Waals surface area contributed by atoms with Crippen LogP contribution >= 0.6 is 0 Å². The second kappa shape index (κ2) is 3.13. The van der Waals surface area contributed by atoms with Crippen molar-refractivity contribution in [1.82, 2.24) is 9.80 Å².